The smallest absolute Gasteiger partial charge is 0.478 e. The number of halogens is 2. The first kappa shape index (κ1) is 17.1. The molecule has 0 radical (unpaired) electrons. The minimum atomic E-state index is -3.54. The molecule has 0 saturated heterocycles. The van der Waals surface area contributed by atoms with Crippen molar-refractivity contribution in [2.75, 3.05) is 0 Å². The average molecular weight is 214 g/mol. The van der Waals surface area contributed by atoms with Crippen LogP contribution in [0.2, 0.25) is 0 Å². The third-order valence-corrected chi connectivity index (χ3v) is 0.378. The van der Waals surface area contributed by atoms with Crippen molar-refractivity contribution in [3.63, 3.8) is 0 Å². The molecule has 0 aromatic rings. The predicted octanol–water partition coefficient (Wildman–Crippen LogP) is -3.05. The summed E-state index contributed by atoms with van der Waals surface area (Å²) >= 11 is 0. The number of hydrogen-bond donors (Lipinski definition) is 0. The van der Waals surface area contributed by atoms with Gasteiger partial charge < -0.3 is 27.8 Å². The van der Waals surface area contributed by atoms with E-state index < -0.39 is 18.3 Å². The van der Waals surface area contributed by atoms with Gasteiger partial charge in [-0.15, -0.1) is 0 Å². The molecule has 0 N–H and O–H groups in total. The summed E-state index contributed by atoms with van der Waals surface area (Å²) in [5.74, 6) is 0. The van der Waals surface area contributed by atoms with E-state index in [4.69, 9.17) is 18.5 Å². The van der Waals surface area contributed by atoms with Gasteiger partial charge in [-0.05, 0) is 0 Å². The van der Waals surface area contributed by atoms with Crippen molar-refractivity contribution in [1.82, 2.24) is 0 Å². The molecule has 0 aliphatic rings. The van der Waals surface area contributed by atoms with Crippen LogP contribution in [0.4, 0.5) is 9.05 Å². The molecule has 0 aliphatic carbocycles. The minimum absolute atomic E-state index is 0. The van der Waals surface area contributed by atoms with Crippen molar-refractivity contribution >= 4 is 41.4 Å². The largest absolute Gasteiger partial charge is 2.00 e. The second-order valence-corrected chi connectivity index (χ2v) is 1.96. The first-order chi connectivity index (χ1) is 4.54. The number of rotatable bonds is 2. The maximum Gasteiger partial charge on any atom is 2.00 e. The monoisotopic (exact) mass is 214 g/mol. The normalized spacial score (nSPS) is 6.00. The molecule has 0 rings (SSSR count). The van der Waals surface area contributed by atoms with Crippen molar-refractivity contribution < 1.29 is 36.8 Å². The van der Waals surface area contributed by atoms with Crippen LogP contribution in [0.5, 0.6) is 0 Å². The van der Waals surface area contributed by atoms with E-state index in [2.05, 4.69) is 9.26 Å². The Bertz CT molecular complexity index is 103. The SMILES string of the molecule is O=[Si]([O-])OF.O=[Si]([O-])OF.[Mg+2]. The van der Waals surface area contributed by atoms with Crippen LogP contribution in [0, 0.1) is 0 Å². The summed E-state index contributed by atoms with van der Waals surface area (Å²) in [6, 6.07) is 0. The third-order valence-electron chi connectivity index (χ3n) is 0.126. The first-order valence-electron chi connectivity index (χ1n) is 1.53. The zero-order valence-corrected chi connectivity index (χ0v) is 8.33. The van der Waals surface area contributed by atoms with Crippen molar-refractivity contribution in [1.29, 1.82) is 0 Å². The van der Waals surface area contributed by atoms with Crippen LogP contribution >= 0.6 is 0 Å². The molecule has 60 valence electrons. The fourth-order valence-corrected chi connectivity index (χ4v) is 0. The van der Waals surface area contributed by atoms with Gasteiger partial charge in [0.25, 0.3) is 0 Å². The minimum Gasteiger partial charge on any atom is -0.478 e. The van der Waals surface area contributed by atoms with Crippen LogP contribution in [0.1, 0.15) is 0 Å². The summed E-state index contributed by atoms with van der Waals surface area (Å²) in [4.78, 5) is 17.7. The summed E-state index contributed by atoms with van der Waals surface area (Å²) in [5.41, 5.74) is 0. The van der Waals surface area contributed by atoms with E-state index in [-0.39, 0.29) is 23.1 Å². The Morgan fingerprint density at radius 1 is 1.00 bits per heavy atom. The molecule has 0 aromatic carbocycles. The Hall–Kier alpha value is -0.140. The summed E-state index contributed by atoms with van der Waals surface area (Å²) in [5, 5.41) is 0. The molecule has 0 atom stereocenters. The molecule has 0 amide bonds. The van der Waals surface area contributed by atoms with E-state index in [9.17, 15) is 9.05 Å². The summed E-state index contributed by atoms with van der Waals surface area (Å²) in [6.07, 6.45) is 0. The Kier molecular flexibility index (Phi) is 19.5. The van der Waals surface area contributed by atoms with Gasteiger partial charge >= 0.3 is 41.4 Å². The fourth-order valence-electron chi connectivity index (χ4n) is 0. The molecule has 0 unspecified atom stereocenters. The molecule has 0 aliphatic heterocycles. The summed E-state index contributed by atoms with van der Waals surface area (Å²) < 4.78 is 42.2. The molecule has 0 fully saturated rings. The molecule has 0 aromatic heterocycles. The van der Waals surface area contributed by atoms with Crippen LogP contribution < -0.4 is 9.59 Å². The second kappa shape index (κ2) is 12.5. The van der Waals surface area contributed by atoms with Gasteiger partial charge in [-0.2, -0.15) is 0 Å². The van der Waals surface area contributed by atoms with E-state index >= 15 is 0 Å². The molecule has 0 spiro atoms. The van der Waals surface area contributed by atoms with Crippen molar-refractivity contribution in [2.45, 2.75) is 0 Å². The van der Waals surface area contributed by atoms with E-state index in [1.165, 1.54) is 0 Å². The first-order valence-corrected chi connectivity index (χ1v) is 3.98. The van der Waals surface area contributed by atoms with E-state index in [0.717, 1.165) is 0 Å². The molecular formula is F2MgO6Si2. The Labute approximate surface area is 78.5 Å². The molecule has 0 bridgehead atoms. The quantitative estimate of drug-likeness (QED) is 0.453. The molecule has 11 heteroatoms. The van der Waals surface area contributed by atoms with Gasteiger partial charge in [-0.25, -0.2) is 0 Å². The van der Waals surface area contributed by atoms with E-state index in [1.54, 1.807) is 0 Å². The number of hydrogen-bond acceptors (Lipinski definition) is 6. The molecule has 11 heavy (non-hydrogen) atoms. The third kappa shape index (κ3) is 40.9. The Balaban J connectivity index is -0.000000107. The molecule has 0 saturated carbocycles. The Morgan fingerprint density at radius 3 is 1.09 bits per heavy atom. The predicted molar refractivity (Wildman–Crippen MR) is 23.0 cm³/mol. The van der Waals surface area contributed by atoms with Gasteiger partial charge in [0, 0.05) is 0 Å². The van der Waals surface area contributed by atoms with Crippen LogP contribution in [0.25, 0.3) is 0 Å². The van der Waals surface area contributed by atoms with Crippen molar-refractivity contribution in [2.24, 2.45) is 0 Å². The summed E-state index contributed by atoms with van der Waals surface area (Å²) in [6.45, 7) is 0. The van der Waals surface area contributed by atoms with E-state index in [0.29, 0.717) is 0 Å². The molecule has 6 nitrogen and oxygen atoms in total. The zero-order valence-electron chi connectivity index (χ0n) is 4.91. The Morgan fingerprint density at radius 2 is 1.09 bits per heavy atom. The zero-order chi connectivity index (χ0) is 8.57. The average Bonchev–Trinajstić information content (AvgIpc) is 1.89. The fraction of sp³-hybridized carbons (Fsp3) is 0. The van der Waals surface area contributed by atoms with Gasteiger partial charge in [0.15, 0.2) is 0 Å². The van der Waals surface area contributed by atoms with Gasteiger partial charge in [-0.1, -0.05) is 9.05 Å². The van der Waals surface area contributed by atoms with Crippen LogP contribution in [0.15, 0.2) is 0 Å². The topological polar surface area (TPSA) is 98.7 Å². The van der Waals surface area contributed by atoms with Crippen molar-refractivity contribution in [3.05, 3.63) is 0 Å². The van der Waals surface area contributed by atoms with E-state index in [1.807, 2.05) is 0 Å². The van der Waals surface area contributed by atoms with Gasteiger partial charge in [0.1, 0.15) is 0 Å². The van der Waals surface area contributed by atoms with Gasteiger partial charge in [-0.3, -0.25) is 0 Å². The van der Waals surface area contributed by atoms with Crippen LogP contribution in [-0.4, -0.2) is 41.4 Å². The maximum atomic E-state index is 10.0. The van der Waals surface area contributed by atoms with Gasteiger partial charge in [0.05, 0.1) is 0 Å². The molecule has 0 heterocycles. The van der Waals surface area contributed by atoms with Crippen LogP contribution in [0.3, 0.4) is 0 Å². The maximum absolute atomic E-state index is 10.0. The van der Waals surface area contributed by atoms with Crippen LogP contribution in [-0.2, 0) is 18.2 Å². The standard InChI is InChI=1S/2FO3Si.Mg/c2*1-4-5(2)3;/q2*-1;+2. The summed E-state index contributed by atoms with van der Waals surface area (Å²) in [7, 11) is -7.08. The molecular weight excluding hydrogens is 214 g/mol. The van der Waals surface area contributed by atoms with Gasteiger partial charge in [0.2, 0.25) is 0 Å². The second-order valence-electron chi connectivity index (χ2n) is 0.654. The van der Waals surface area contributed by atoms with Crippen molar-refractivity contribution in [3.8, 4) is 0 Å².